The Balaban J connectivity index is 2.23. The average Bonchev–Trinajstić information content (AvgIpc) is 2.66. The average molecular weight is 479 g/mol. The molecule has 0 heterocycles. The fourth-order valence-corrected chi connectivity index (χ4v) is 5.13. The molecular formula is C20H29Cl2N2O5P. The lowest BCUT2D eigenvalue weighted by Gasteiger charge is -2.31. The van der Waals surface area contributed by atoms with Crippen LogP contribution in [0.15, 0.2) is 18.2 Å². The lowest BCUT2D eigenvalue weighted by atomic mass is 9.83. The third kappa shape index (κ3) is 7.24. The van der Waals surface area contributed by atoms with Crippen LogP contribution in [0, 0.1) is 11.8 Å². The summed E-state index contributed by atoms with van der Waals surface area (Å²) in [5.74, 6) is -1.44. The van der Waals surface area contributed by atoms with Gasteiger partial charge in [0.05, 0.1) is 10.0 Å². The molecule has 10 heteroatoms. The van der Waals surface area contributed by atoms with Crippen LogP contribution in [-0.4, -0.2) is 33.3 Å². The minimum atomic E-state index is -4.67. The first kappa shape index (κ1) is 25.2. The van der Waals surface area contributed by atoms with E-state index in [4.69, 9.17) is 23.2 Å². The highest BCUT2D eigenvalue weighted by molar-refractivity contribution is 7.53. The van der Waals surface area contributed by atoms with Gasteiger partial charge < -0.3 is 20.4 Å². The lowest BCUT2D eigenvalue weighted by molar-refractivity contribution is -0.128. The summed E-state index contributed by atoms with van der Waals surface area (Å²) in [6.45, 7) is 3.57. The number of carbonyl (C=O) groups is 2. The molecular weight excluding hydrogens is 450 g/mol. The van der Waals surface area contributed by atoms with Gasteiger partial charge in [0, 0.05) is 5.69 Å². The molecule has 1 fully saturated rings. The van der Waals surface area contributed by atoms with Crippen molar-refractivity contribution in [1.82, 2.24) is 5.32 Å². The maximum atomic E-state index is 13.0. The van der Waals surface area contributed by atoms with Crippen molar-refractivity contribution in [2.45, 2.75) is 64.1 Å². The molecule has 2 atom stereocenters. The molecule has 0 aliphatic heterocycles. The Bertz CT molecular complexity index is 808. The van der Waals surface area contributed by atoms with Gasteiger partial charge in [-0.05, 0) is 49.3 Å². The Morgan fingerprint density at radius 1 is 1.10 bits per heavy atom. The molecule has 1 aromatic rings. The van der Waals surface area contributed by atoms with Gasteiger partial charge in [-0.25, -0.2) is 0 Å². The summed E-state index contributed by atoms with van der Waals surface area (Å²) in [4.78, 5) is 45.2. The summed E-state index contributed by atoms with van der Waals surface area (Å²) < 4.78 is 11.9. The van der Waals surface area contributed by atoms with E-state index in [1.165, 1.54) is 6.07 Å². The predicted molar refractivity (Wildman–Crippen MR) is 119 cm³/mol. The Kier molecular flexibility index (Phi) is 9.19. The minimum absolute atomic E-state index is 0.0297. The van der Waals surface area contributed by atoms with E-state index in [0.29, 0.717) is 10.7 Å². The topological polar surface area (TPSA) is 116 Å². The molecule has 2 amide bonds. The minimum Gasteiger partial charge on any atom is -0.343 e. The van der Waals surface area contributed by atoms with E-state index in [1.54, 1.807) is 26.0 Å². The smallest absolute Gasteiger partial charge is 0.337 e. The predicted octanol–water partition coefficient (Wildman–Crippen LogP) is 4.59. The maximum Gasteiger partial charge on any atom is 0.337 e. The molecule has 1 aliphatic rings. The molecule has 4 N–H and O–H groups in total. The number of carbonyl (C=O) groups excluding carboxylic acids is 2. The van der Waals surface area contributed by atoms with Gasteiger partial charge in [-0.2, -0.15) is 0 Å². The van der Waals surface area contributed by atoms with Gasteiger partial charge in [0.2, 0.25) is 11.8 Å². The highest BCUT2D eigenvalue weighted by atomic mass is 35.5. The number of amides is 2. The first-order chi connectivity index (χ1) is 14.0. The van der Waals surface area contributed by atoms with E-state index in [0.717, 1.165) is 32.1 Å². The number of anilines is 1. The highest BCUT2D eigenvalue weighted by Gasteiger charge is 2.39. The van der Waals surface area contributed by atoms with Crippen LogP contribution < -0.4 is 10.6 Å². The third-order valence-corrected chi connectivity index (χ3v) is 7.29. The van der Waals surface area contributed by atoms with Crippen LogP contribution in [0.4, 0.5) is 5.69 Å². The second kappa shape index (κ2) is 11.0. The van der Waals surface area contributed by atoms with Crippen LogP contribution in [-0.2, 0) is 14.2 Å². The molecule has 0 spiro atoms. The molecule has 0 aromatic heterocycles. The van der Waals surface area contributed by atoms with Gasteiger partial charge in [0.15, 0.2) is 0 Å². The number of halogens is 2. The second-order valence-corrected chi connectivity index (χ2v) is 10.9. The van der Waals surface area contributed by atoms with Gasteiger partial charge in [0.25, 0.3) is 0 Å². The number of nitrogens with one attached hydrogen (secondary N) is 2. The quantitative estimate of drug-likeness (QED) is 0.407. The molecule has 1 unspecified atom stereocenters. The monoisotopic (exact) mass is 478 g/mol. The Morgan fingerprint density at radius 3 is 2.27 bits per heavy atom. The van der Waals surface area contributed by atoms with E-state index in [1.807, 2.05) is 0 Å². The van der Waals surface area contributed by atoms with Crippen LogP contribution in [0.3, 0.4) is 0 Å². The second-order valence-electron chi connectivity index (χ2n) is 8.24. The molecule has 1 aliphatic carbocycles. The van der Waals surface area contributed by atoms with Crippen molar-refractivity contribution in [1.29, 1.82) is 0 Å². The fourth-order valence-electron chi connectivity index (χ4n) is 3.75. The summed E-state index contributed by atoms with van der Waals surface area (Å²) in [7, 11) is -4.67. The highest BCUT2D eigenvalue weighted by Crippen LogP contribution is 2.44. The third-order valence-electron chi connectivity index (χ3n) is 5.29. The van der Waals surface area contributed by atoms with Crippen molar-refractivity contribution in [2.24, 2.45) is 11.8 Å². The van der Waals surface area contributed by atoms with E-state index in [9.17, 15) is 23.9 Å². The maximum absolute atomic E-state index is 13.0. The van der Waals surface area contributed by atoms with Crippen LogP contribution in [0.25, 0.3) is 0 Å². The van der Waals surface area contributed by atoms with Gasteiger partial charge in [-0.3, -0.25) is 14.2 Å². The van der Waals surface area contributed by atoms with E-state index in [-0.39, 0.29) is 23.3 Å². The molecule has 0 bridgehead atoms. The Morgan fingerprint density at radius 2 is 1.73 bits per heavy atom. The normalized spacial score (nSPS) is 17.4. The van der Waals surface area contributed by atoms with E-state index >= 15 is 0 Å². The van der Waals surface area contributed by atoms with Crippen LogP contribution in [0.2, 0.25) is 10.0 Å². The summed E-state index contributed by atoms with van der Waals surface area (Å²) in [5, 5.41) is 6.02. The largest absolute Gasteiger partial charge is 0.343 e. The van der Waals surface area contributed by atoms with E-state index < -0.39 is 31.1 Å². The number of hydrogen-bond donors (Lipinski definition) is 4. The van der Waals surface area contributed by atoms with Gasteiger partial charge >= 0.3 is 7.60 Å². The molecule has 7 nitrogen and oxygen atoms in total. The van der Waals surface area contributed by atoms with Crippen molar-refractivity contribution in [3.8, 4) is 0 Å². The molecule has 0 saturated heterocycles. The number of hydrogen-bond acceptors (Lipinski definition) is 3. The molecule has 0 radical (unpaired) electrons. The molecule has 2 rings (SSSR count). The van der Waals surface area contributed by atoms with Crippen molar-refractivity contribution in [3.63, 3.8) is 0 Å². The standard InChI is InChI=1S/C20H29Cl2N2O5P/c1-12(2)10-17(30(27,28)29)19(25)24-18(13-6-4-3-5-7-13)20(26)23-14-8-9-15(21)16(22)11-14/h8-9,11-13,17-18H,3-7,10H2,1-2H3,(H,23,26)(H,24,25)(H2,27,28,29)/t17?,18-/m0/s1. The zero-order chi connectivity index (χ0) is 22.5. The lowest BCUT2D eigenvalue weighted by Crippen LogP contribution is -2.51. The Labute approximate surface area is 187 Å². The molecule has 30 heavy (non-hydrogen) atoms. The zero-order valence-corrected chi connectivity index (χ0v) is 19.5. The SMILES string of the molecule is CC(C)CC(C(=O)N[C@H](C(=O)Nc1ccc(Cl)c(Cl)c1)C1CCCCC1)P(=O)(O)O. The Hall–Kier alpha value is -1.11. The molecule has 1 saturated carbocycles. The number of benzene rings is 1. The summed E-state index contributed by atoms with van der Waals surface area (Å²) >= 11 is 11.9. The van der Waals surface area contributed by atoms with E-state index in [2.05, 4.69) is 10.6 Å². The summed E-state index contributed by atoms with van der Waals surface area (Å²) in [6, 6.07) is 3.77. The summed E-state index contributed by atoms with van der Waals surface area (Å²) in [6.07, 6.45) is 4.47. The zero-order valence-electron chi connectivity index (χ0n) is 17.1. The first-order valence-electron chi connectivity index (χ1n) is 10.1. The van der Waals surface area contributed by atoms with Crippen LogP contribution in [0.5, 0.6) is 0 Å². The van der Waals surface area contributed by atoms with Crippen molar-refractivity contribution >= 4 is 48.3 Å². The molecule has 1 aromatic carbocycles. The van der Waals surface area contributed by atoms with Gasteiger partial charge in [-0.15, -0.1) is 0 Å². The van der Waals surface area contributed by atoms with Crippen molar-refractivity contribution < 1.29 is 23.9 Å². The first-order valence-corrected chi connectivity index (χ1v) is 12.5. The van der Waals surface area contributed by atoms with Crippen molar-refractivity contribution in [2.75, 3.05) is 5.32 Å². The fraction of sp³-hybridized carbons (Fsp3) is 0.600. The van der Waals surface area contributed by atoms with Gasteiger partial charge in [0.1, 0.15) is 11.7 Å². The van der Waals surface area contributed by atoms with Crippen molar-refractivity contribution in [3.05, 3.63) is 28.2 Å². The van der Waals surface area contributed by atoms with Gasteiger partial charge in [-0.1, -0.05) is 56.3 Å². The number of rotatable bonds is 8. The molecule has 168 valence electrons. The van der Waals surface area contributed by atoms with Crippen LogP contribution in [0.1, 0.15) is 52.4 Å². The summed E-state index contributed by atoms with van der Waals surface area (Å²) in [5.41, 5.74) is -1.06. The van der Waals surface area contributed by atoms with Crippen LogP contribution >= 0.6 is 30.8 Å².